The number of nitrogens with one attached hydrogen (secondary N) is 2. The number of aryl methyl sites for hydroxylation is 1. The van der Waals surface area contributed by atoms with Crippen molar-refractivity contribution in [2.75, 3.05) is 5.48 Å². The quantitative estimate of drug-likeness (QED) is 0.374. The summed E-state index contributed by atoms with van der Waals surface area (Å²) in [5.41, 5.74) is 5.35. The first-order valence-corrected chi connectivity index (χ1v) is 3.69. The van der Waals surface area contributed by atoms with Gasteiger partial charge in [0.25, 0.3) is 0 Å². The molecule has 0 aliphatic heterocycles. The lowest BCUT2D eigenvalue weighted by Gasteiger charge is -2.12. The van der Waals surface area contributed by atoms with E-state index in [2.05, 4.69) is 4.99 Å². The highest BCUT2D eigenvalue weighted by molar-refractivity contribution is 5.72. The summed E-state index contributed by atoms with van der Waals surface area (Å²) in [5.74, 6) is 0. The van der Waals surface area contributed by atoms with Crippen molar-refractivity contribution in [1.82, 2.24) is 5.48 Å². The Morgan fingerprint density at radius 1 is 1.54 bits per heavy atom. The standard InChI is InChI=1S/C8H10N3O2/c1-6-2-3-7(9-5-10-12)8(4-6)11-13/h2-5,11-12H,1H3,(H,9,10)/q-1. The zero-order valence-electron chi connectivity index (χ0n) is 7.11. The van der Waals surface area contributed by atoms with Crippen LogP contribution in [0, 0.1) is 12.1 Å². The Bertz CT molecular complexity index is 312. The van der Waals surface area contributed by atoms with Crippen LogP contribution in [-0.2, 0) is 0 Å². The molecule has 1 aromatic carbocycles. The van der Waals surface area contributed by atoms with Crippen molar-refractivity contribution in [3.63, 3.8) is 0 Å². The molecule has 0 heterocycles. The van der Waals surface area contributed by atoms with Gasteiger partial charge in [-0.05, 0) is 24.6 Å². The first kappa shape index (κ1) is 9.50. The smallest absolute Gasteiger partial charge is 0.113 e. The Balaban J connectivity index is 2.99. The fraction of sp³-hybridized carbons (Fsp3) is 0.125. The number of anilines is 1. The highest BCUT2D eigenvalue weighted by Gasteiger charge is 1.95. The minimum Gasteiger partial charge on any atom is -0.761 e. The molecule has 0 spiro atoms. The first-order valence-electron chi connectivity index (χ1n) is 3.69. The molecule has 0 aromatic heterocycles. The van der Waals surface area contributed by atoms with Gasteiger partial charge in [0.05, 0.1) is 5.69 Å². The van der Waals surface area contributed by atoms with E-state index >= 15 is 0 Å². The molecule has 70 valence electrons. The fourth-order valence-electron chi connectivity index (χ4n) is 0.943. The van der Waals surface area contributed by atoms with Gasteiger partial charge in [0, 0.05) is 5.69 Å². The van der Waals surface area contributed by atoms with Crippen LogP contribution in [0.2, 0.25) is 0 Å². The van der Waals surface area contributed by atoms with E-state index in [1.807, 2.05) is 13.0 Å². The van der Waals surface area contributed by atoms with Crippen molar-refractivity contribution in [3.05, 3.63) is 29.0 Å². The molecule has 1 aromatic rings. The summed E-state index contributed by atoms with van der Waals surface area (Å²) in [4.78, 5) is 3.79. The fourth-order valence-corrected chi connectivity index (χ4v) is 0.943. The summed E-state index contributed by atoms with van der Waals surface area (Å²) in [6.45, 7) is 1.87. The maximum Gasteiger partial charge on any atom is 0.113 e. The summed E-state index contributed by atoms with van der Waals surface area (Å²) in [7, 11) is 0. The molecule has 0 saturated carbocycles. The molecule has 1 rings (SSSR count). The molecular formula is C8H10N3O2-. The second-order valence-electron chi connectivity index (χ2n) is 2.51. The highest BCUT2D eigenvalue weighted by Crippen LogP contribution is 2.24. The molecule has 5 heteroatoms. The van der Waals surface area contributed by atoms with Crippen molar-refractivity contribution in [2.24, 2.45) is 4.99 Å². The summed E-state index contributed by atoms with van der Waals surface area (Å²) in [6.07, 6.45) is 1.09. The summed E-state index contributed by atoms with van der Waals surface area (Å²) >= 11 is 0. The van der Waals surface area contributed by atoms with Crippen LogP contribution in [0.4, 0.5) is 11.4 Å². The lowest BCUT2D eigenvalue weighted by molar-refractivity contribution is 0.240. The Labute approximate surface area is 75.7 Å². The van der Waals surface area contributed by atoms with Crippen molar-refractivity contribution < 1.29 is 5.21 Å². The molecule has 0 amide bonds. The Hall–Kier alpha value is -1.59. The summed E-state index contributed by atoms with van der Waals surface area (Å²) < 4.78 is 0. The minimum absolute atomic E-state index is 0.381. The SMILES string of the molecule is Cc1ccc(N=CNO)c(N[O-])c1. The van der Waals surface area contributed by atoms with Crippen molar-refractivity contribution >= 4 is 17.7 Å². The molecule has 0 atom stereocenters. The van der Waals surface area contributed by atoms with Gasteiger partial charge >= 0.3 is 0 Å². The van der Waals surface area contributed by atoms with Gasteiger partial charge in [0.1, 0.15) is 6.34 Å². The Morgan fingerprint density at radius 2 is 2.31 bits per heavy atom. The lowest BCUT2D eigenvalue weighted by Crippen LogP contribution is -2.01. The number of rotatable bonds is 3. The van der Waals surface area contributed by atoms with E-state index < -0.39 is 0 Å². The zero-order chi connectivity index (χ0) is 9.68. The first-order chi connectivity index (χ1) is 6.27. The van der Waals surface area contributed by atoms with Gasteiger partial charge in [-0.1, -0.05) is 6.07 Å². The van der Waals surface area contributed by atoms with Crippen molar-refractivity contribution in [2.45, 2.75) is 6.92 Å². The maximum atomic E-state index is 10.5. The van der Waals surface area contributed by atoms with Crippen LogP contribution in [0.3, 0.4) is 0 Å². The molecule has 13 heavy (non-hydrogen) atoms. The topological polar surface area (TPSA) is 79.7 Å². The molecule has 0 saturated heterocycles. The van der Waals surface area contributed by atoms with Gasteiger partial charge in [0.2, 0.25) is 0 Å². The molecule has 0 aliphatic rings. The third-order valence-electron chi connectivity index (χ3n) is 1.52. The molecule has 0 fully saturated rings. The summed E-state index contributed by atoms with van der Waals surface area (Å²) in [6, 6.07) is 5.19. The van der Waals surface area contributed by atoms with E-state index in [1.54, 1.807) is 23.1 Å². The third kappa shape index (κ3) is 2.43. The van der Waals surface area contributed by atoms with Crippen LogP contribution >= 0.6 is 0 Å². The monoisotopic (exact) mass is 180 g/mol. The second-order valence-corrected chi connectivity index (χ2v) is 2.51. The molecule has 5 nitrogen and oxygen atoms in total. The van der Waals surface area contributed by atoms with Crippen LogP contribution in [0.25, 0.3) is 0 Å². The molecule has 3 N–H and O–H groups in total. The lowest BCUT2D eigenvalue weighted by atomic mass is 10.2. The average Bonchev–Trinajstić information content (AvgIpc) is 2.16. The molecular weight excluding hydrogens is 170 g/mol. The van der Waals surface area contributed by atoms with Gasteiger partial charge in [-0.2, -0.15) is 0 Å². The number of hydrogen-bond donors (Lipinski definition) is 3. The summed E-state index contributed by atoms with van der Waals surface area (Å²) in [5, 5.41) is 18.7. The number of nitrogens with zero attached hydrogens (tertiary/aromatic N) is 1. The van der Waals surface area contributed by atoms with Crippen LogP contribution in [-0.4, -0.2) is 11.5 Å². The van der Waals surface area contributed by atoms with Gasteiger partial charge in [-0.3, -0.25) is 10.7 Å². The van der Waals surface area contributed by atoms with Crippen LogP contribution in [0.1, 0.15) is 5.56 Å². The number of benzene rings is 1. The Morgan fingerprint density at radius 3 is 2.92 bits per heavy atom. The van der Waals surface area contributed by atoms with Crippen LogP contribution in [0.5, 0.6) is 0 Å². The zero-order valence-corrected chi connectivity index (χ0v) is 7.11. The third-order valence-corrected chi connectivity index (χ3v) is 1.52. The molecule has 0 radical (unpaired) electrons. The van der Waals surface area contributed by atoms with E-state index in [1.165, 1.54) is 0 Å². The van der Waals surface area contributed by atoms with E-state index in [-0.39, 0.29) is 0 Å². The largest absolute Gasteiger partial charge is 0.761 e. The van der Waals surface area contributed by atoms with Gasteiger partial charge in [-0.15, -0.1) is 0 Å². The molecule has 0 aliphatic carbocycles. The van der Waals surface area contributed by atoms with Gasteiger partial charge < -0.3 is 10.7 Å². The normalized spacial score (nSPS) is 10.4. The van der Waals surface area contributed by atoms with Crippen molar-refractivity contribution in [1.29, 1.82) is 0 Å². The average molecular weight is 180 g/mol. The maximum absolute atomic E-state index is 10.5. The number of hydroxylamine groups is 1. The van der Waals surface area contributed by atoms with Gasteiger partial charge in [0.15, 0.2) is 0 Å². The van der Waals surface area contributed by atoms with E-state index in [4.69, 9.17) is 5.21 Å². The Kier molecular flexibility index (Phi) is 3.24. The predicted molar refractivity (Wildman–Crippen MR) is 51.2 cm³/mol. The number of aliphatic imine (C=N–C) groups is 1. The van der Waals surface area contributed by atoms with Crippen LogP contribution in [0.15, 0.2) is 23.2 Å². The predicted octanol–water partition coefficient (Wildman–Crippen LogP) is 1.54. The number of hydrogen-bond acceptors (Lipinski definition) is 4. The minimum atomic E-state index is 0.381. The highest BCUT2D eigenvalue weighted by atomic mass is 16.5. The molecule has 0 bridgehead atoms. The van der Waals surface area contributed by atoms with Crippen molar-refractivity contribution in [3.8, 4) is 0 Å². The van der Waals surface area contributed by atoms with E-state index in [0.29, 0.717) is 11.4 Å². The van der Waals surface area contributed by atoms with Crippen LogP contribution < -0.4 is 11.0 Å². The van der Waals surface area contributed by atoms with E-state index in [9.17, 15) is 5.21 Å². The second kappa shape index (κ2) is 4.44. The molecule has 0 unspecified atom stereocenters. The van der Waals surface area contributed by atoms with Gasteiger partial charge in [-0.25, -0.2) is 4.99 Å². The van der Waals surface area contributed by atoms with E-state index in [0.717, 1.165) is 11.9 Å².